The number of rotatable bonds is 6. The van der Waals surface area contributed by atoms with E-state index >= 15 is 0 Å². The third-order valence-corrected chi connectivity index (χ3v) is 5.87. The first-order valence-corrected chi connectivity index (χ1v) is 11.7. The van der Waals surface area contributed by atoms with Gasteiger partial charge in [0.2, 0.25) is 5.95 Å². The smallest absolute Gasteiger partial charge is 0.227 e. The van der Waals surface area contributed by atoms with Crippen LogP contribution in [0, 0.1) is 12.3 Å². The highest BCUT2D eigenvalue weighted by Crippen LogP contribution is 2.32. The van der Waals surface area contributed by atoms with Gasteiger partial charge in [0.15, 0.2) is 5.78 Å². The summed E-state index contributed by atoms with van der Waals surface area (Å²) in [7, 11) is 0. The minimum Gasteiger partial charge on any atom is -0.323 e. The summed E-state index contributed by atoms with van der Waals surface area (Å²) in [6.45, 7) is 14.1. The van der Waals surface area contributed by atoms with Gasteiger partial charge in [-0.15, -0.1) is 0 Å². The zero-order valence-corrected chi connectivity index (χ0v) is 20.5. The van der Waals surface area contributed by atoms with Crippen molar-refractivity contribution in [3.8, 4) is 11.3 Å². The lowest BCUT2D eigenvalue weighted by molar-refractivity contribution is 0.0939. The second-order valence-electron chi connectivity index (χ2n) is 10.4. The molecule has 1 aromatic carbocycles. The van der Waals surface area contributed by atoms with Gasteiger partial charge in [-0.05, 0) is 61.9 Å². The summed E-state index contributed by atoms with van der Waals surface area (Å²) in [6.07, 6.45) is 6.98. The summed E-state index contributed by atoms with van der Waals surface area (Å²) in [5.41, 5.74) is 6.56. The molecular weight excluding hydrogens is 412 g/mol. The van der Waals surface area contributed by atoms with E-state index in [1.54, 1.807) is 0 Å². The zero-order chi connectivity index (χ0) is 23.8. The molecule has 0 aliphatic carbocycles. The Balaban J connectivity index is 1.72. The molecule has 3 heterocycles. The Kier molecular flexibility index (Phi) is 6.34. The predicted molar refractivity (Wildman–Crippen MR) is 132 cm³/mol. The molecule has 7 heteroatoms. The second kappa shape index (κ2) is 9.06. The molecule has 0 spiro atoms. The number of hydrogen-bond acceptors (Lipinski definition) is 6. The van der Waals surface area contributed by atoms with Gasteiger partial charge >= 0.3 is 0 Å². The Morgan fingerprint density at radius 3 is 2.73 bits per heavy atom. The monoisotopic (exact) mass is 446 g/mol. The molecule has 0 unspecified atom stereocenters. The van der Waals surface area contributed by atoms with E-state index in [1.807, 2.05) is 36.3 Å². The van der Waals surface area contributed by atoms with E-state index < -0.39 is 0 Å². The summed E-state index contributed by atoms with van der Waals surface area (Å²) >= 11 is 0. The third kappa shape index (κ3) is 5.14. The summed E-state index contributed by atoms with van der Waals surface area (Å²) in [4.78, 5) is 22.8. The van der Waals surface area contributed by atoms with Gasteiger partial charge in [0.1, 0.15) is 0 Å². The van der Waals surface area contributed by atoms with Crippen LogP contribution in [0.15, 0.2) is 30.7 Å². The number of ketones is 1. The van der Waals surface area contributed by atoms with E-state index in [-0.39, 0.29) is 17.2 Å². The number of Topliss-reactive ketones (excluding diaryl/α,β-unsaturated/α-hetero) is 1. The maximum atomic E-state index is 13.4. The molecule has 0 amide bonds. The zero-order valence-electron chi connectivity index (χ0n) is 20.5. The molecule has 1 aliphatic rings. The molecule has 3 aromatic rings. The lowest BCUT2D eigenvalue weighted by Gasteiger charge is -2.25. The van der Waals surface area contributed by atoms with Crippen molar-refractivity contribution in [1.82, 2.24) is 25.1 Å². The molecule has 4 rings (SSSR count). The van der Waals surface area contributed by atoms with Crippen molar-refractivity contribution in [2.75, 3.05) is 11.9 Å². The maximum Gasteiger partial charge on any atom is 0.227 e. The quantitative estimate of drug-likeness (QED) is 0.504. The van der Waals surface area contributed by atoms with E-state index in [4.69, 9.17) is 4.98 Å². The molecule has 33 heavy (non-hydrogen) atoms. The highest BCUT2D eigenvalue weighted by molar-refractivity contribution is 6.03. The fourth-order valence-corrected chi connectivity index (χ4v) is 4.23. The van der Waals surface area contributed by atoms with Crippen molar-refractivity contribution >= 4 is 17.4 Å². The average Bonchev–Trinajstić information content (AvgIpc) is 3.24. The number of aryl methyl sites for hydroxylation is 1. The molecule has 174 valence electrons. The standard InChI is InChI=1S/C26H34N6O/c1-16(2)32-15-19(14-29-32)24-17(3)12-28-25(31-24)30-21-8-7-18-13-27-10-9-20(18)23(21)22(33)11-26(4,5)6/h7-8,12,14-16,27H,9-11,13H2,1-6H3,(H,28,30,31). The number of hydrogen-bond donors (Lipinski definition) is 2. The highest BCUT2D eigenvalue weighted by atomic mass is 16.1. The Morgan fingerprint density at radius 1 is 1.24 bits per heavy atom. The molecule has 0 atom stereocenters. The topological polar surface area (TPSA) is 84.7 Å². The Labute approximate surface area is 196 Å². The minimum absolute atomic E-state index is 0.0892. The first-order chi connectivity index (χ1) is 15.6. The lowest BCUT2D eigenvalue weighted by atomic mass is 9.84. The lowest BCUT2D eigenvalue weighted by Crippen LogP contribution is -2.27. The van der Waals surface area contributed by atoms with Crippen LogP contribution in [0.25, 0.3) is 11.3 Å². The van der Waals surface area contributed by atoms with Gasteiger partial charge < -0.3 is 10.6 Å². The average molecular weight is 447 g/mol. The molecule has 0 radical (unpaired) electrons. The predicted octanol–water partition coefficient (Wildman–Crippen LogP) is 5.24. The molecule has 7 nitrogen and oxygen atoms in total. The van der Waals surface area contributed by atoms with Gasteiger partial charge in [0, 0.05) is 42.5 Å². The Morgan fingerprint density at radius 2 is 2.03 bits per heavy atom. The molecule has 2 N–H and O–H groups in total. The first-order valence-electron chi connectivity index (χ1n) is 11.7. The van der Waals surface area contributed by atoms with Crippen LogP contribution in [0.1, 0.15) is 74.1 Å². The van der Waals surface area contributed by atoms with Crippen molar-refractivity contribution in [2.24, 2.45) is 5.41 Å². The van der Waals surface area contributed by atoms with E-state index in [0.717, 1.165) is 53.1 Å². The molecule has 0 bridgehead atoms. The number of nitrogens with one attached hydrogen (secondary N) is 2. The normalized spacial score (nSPS) is 13.8. The summed E-state index contributed by atoms with van der Waals surface area (Å²) in [6, 6.07) is 4.36. The molecular formula is C26H34N6O. The summed E-state index contributed by atoms with van der Waals surface area (Å²) < 4.78 is 1.92. The number of fused-ring (bicyclic) bond motifs is 1. The van der Waals surface area contributed by atoms with Crippen molar-refractivity contribution in [1.29, 1.82) is 0 Å². The first kappa shape index (κ1) is 23.1. The van der Waals surface area contributed by atoms with Gasteiger partial charge in [0.25, 0.3) is 0 Å². The number of benzene rings is 1. The van der Waals surface area contributed by atoms with Crippen molar-refractivity contribution < 1.29 is 4.79 Å². The van der Waals surface area contributed by atoms with E-state index in [1.165, 1.54) is 5.56 Å². The van der Waals surface area contributed by atoms with Crippen molar-refractivity contribution in [2.45, 2.75) is 67.0 Å². The van der Waals surface area contributed by atoms with E-state index in [9.17, 15) is 4.79 Å². The number of nitrogens with zero attached hydrogens (tertiary/aromatic N) is 4. The van der Waals surface area contributed by atoms with E-state index in [0.29, 0.717) is 12.4 Å². The van der Waals surface area contributed by atoms with Gasteiger partial charge in [-0.25, -0.2) is 9.97 Å². The van der Waals surface area contributed by atoms with Crippen LogP contribution < -0.4 is 10.6 Å². The van der Waals surface area contributed by atoms with Crippen LogP contribution in [0.3, 0.4) is 0 Å². The van der Waals surface area contributed by atoms with Gasteiger partial charge in [-0.2, -0.15) is 5.10 Å². The molecule has 2 aromatic heterocycles. The second-order valence-corrected chi connectivity index (χ2v) is 10.4. The number of anilines is 2. The van der Waals surface area contributed by atoms with Crippen LogP contribution in [0.4, 0.5) is 11.6 Å². The molecule has 1 aliphatic heterocycles. The number of aromatic nitrogens is 4. The van der Waals surface area contributed by atoms with Crippen LogP contribution in [-0.2, 0) is 13.0 Å². The maximum absolute atomic E-state index is 13.4. The van der Waals surface area contributed by atoms with Crippen LogP contribution in [0.2, 0.25) is 0 Å². The fraction of sp³-hybridized carbons (Fsp3) is 0.462. The molecule has 0 saturated heterocycles. The van der Waals surface area contributed by atoms with Gasteiger partial charge in [-0.1, -0.05) is 26.8 Å². The highest BCUT2D eigenvalue weighted by Gasteiger charge is 2.25. The molecule has 0 fully saturated rings. The van der Waals surface area contributed by atoms with Gasteiger partial charge in [-0.3, -0.25) is 9.48 Å². The Bertz CT molecular complexity index is 1170. The minimum atomic E-state index is -0.0892. The Hall–Kier alpha value is -3.06. The van der Waals surface area contributed by atoms with Crippen LogP contribution >= 0.6 is 0 Å². The molecule has 0 saturated carbocycles. The summed E-state index contributed by atoms with van der Waals surface area (Å²) in [5, 5.41) is 11.2. The van der Waals surface area contributed by atoms with Gasteiger partial charge in [0.05, 0.1) is 17.6 Å². The number of carbonyl (C=O) groups is 1. The van der Waals surface area contributed by atoms with Crippen molar-refractivity contribution in [3.63, 3.8) is 0 Å². The number of carbonyl (C=O) groups excluding carboxylic acids is 1. The third-order valence-electron chi connectivity index (χ3n) is 5.87. The van der Waals surface area contributed by atoms with Crippen LogP contribution in [0.5, 0.6) is 0 Å². The SMILES string of the molecule is Cc1cnc(Nc2ccc3c(c2C(=O)CC(C)(C)C)CCNC3)nc1-c1cnn(C(C)C)c1. The van der Waals surface area contributed by atoms with Crippen molar-refractivity contribution in [3.05, 3.63) is 53.0 Å². The van der Waals surface area contributed by atoms with E-state index in [2.05, 4.69) is 61.4 Å². The summed E-state index contributed by atoms with van der Waals surface area (Å²) in [5.74, 6) is 0.640. The van der Waals surface area contributed by atoms with Crippen LogP contribution in [-0.4, -0.2) is 32.1 Å². The fourth-order valence-electron chi connectivity index (χ4n) is 4.23. The largest absolute Gasteiger partial charge is 0.323 e.